The molecule has 1 aliphatic heterocycles. The summed E-state index contributed by atoms with van der Waals surface area (Å²) in [6.45, 7) is 6.29. The van der Waals surface area contributed by atoms with Crippen molar-refractivity contribution in [2.75, 3.05) is 6.61 Å². The van der Waals surface area contributed by atoms with Gasteiger partial charge in [-0.05, 0) is 19.8 Å². The van der Waals surface area contributed by atoms with Gasteiger partial charge in [0.25, 0.3) is 0 Å². The van der Waals surface area contributed by atoms with Gasteiger partial charge in [-0.1, -0.05) is 168 Å². The summed E-state index contributed by atoms with van der Waals surface area (Å²) in [5.74, 6) is -1.40. The van der Waals surface area contributed by atoms with Crippen molar-refractivity contribution in [3.63, 3.8) is 0 Å². The number of Topliss-reactive ketones (excluding diaryl/α,β-unsaturated/α-hetero) is 2. The van der Waals surface area contributed by atoms with Gasteiger partial charge in [-0.3, -0.25) is 9.59 Å². The molecule has 8 nitrogen and oxygen atoms in total. The molecule has 5 atom stereocenters. The standard InChI is InChI=1S/C40H76O8/c1-4-7-9-11-13-15-17-19-21-23-25-27-29-31-33(41)40(46,38-36(44)35(43)37(45)39(48-38)47-6-3)34(42)32-30-28-26-24-22-20-18-16-14-12-10-8-5-2/h35-39,43-46H,4-32H2,1-3H3/t35-,36-,37+,38-,39?/m0/s1. The van der Waals surface area contributed by atoms with Crippen molar-refractivity contribution in [3.8, 4) is 0 Å². The van der Waals surface area contributed by atoms with Crippen LogP contribution in [0.3, 0.4) is 0 Å². The average molecular weight is 685 g/mol. The van der Waals surface area contributed by atoms with Crippen molar-refractivity contribution >= 4 is 11.6 Å². The fraction of sp³-hybridized carbons (Fsp3) is 0.950. The summed E-state index contributed by atoms with van der Waals surface area (Å²) in [6.07, 6.45) is 21.7. The van der Waals surface area contributed by atoms with E-state index in [2.05, 4.69) is 13.8 Å². The lowest BCUT2D eigenvalue weighted by Crippen LogP contribution is -2.69. The monoisotopic (exact) mass is 685 g/mol. The molecule has 4 N–H and O–H groups in total. The van der Waals surface area contributed by atoms with E-state index in [1.807, 2.05) is 0 Å². The Kier molecular flexibility index (Phi) is 27.0. The second-order valence-corrected chi connectivity index (χ2v) is 14.5. The topological polar surface area (TPSA) is 134 Å². The Labute approximate surface area is 294 Å². The molecule has 1 aliphatic rings. The zero-order valence-electron chi connectivity index (χ0n) is 31.3. The Morgan fingerprint density at radius 3 is 1.12 bits per heavy atom. The fourth-order valence-electron chi connectivity index (χ4n) is 6.96. The largest absolute Gasteiger partial charge is 0.387 e. The van der Waals surface area contributed by atoms with Gasteiger partial charge in [0.1, 0.15) is 24.4 Å². The van der Waals surface area contributed by atoms with Gasteiger partial charge in [-0.2, -0.15) is 0 Å². The summed E-state index contributed by atoms with van der Waals surface area (Å²) in [6, 6.07) is 0. The van der Waals surface area contributed by atoms with Gasteiger partial charge in [0, 0.05) is 19.4 Å². The van der Waals surface area contributed by atoms with Gasteiger partial charge in [0.2, 0.25) is 5.60 Å². The summed E-state index contributed by atoms with van der Waals surface area (Å²) in [7, 11) is 0. The Balaban J connectivity index is 2.56. The molecule has 1 saturated heterocycles. The second kappa shape index (κ2) is 28.8. The smallest absolute Gasteiger partial charge is 0.210 e. The van der Waals surface area contributed by atoms with Crippen molar-refractivity contribution in [3.05, 3.63) is 0 Å². The zero-order valence-corrected chi connectivity index (χ0v) is 31.3. The first kappa shape index (κ1) is 45.1. The molecule has 0 aromatic carbocycles. The van der Waals surface area contributed by atoms with E-state index >= 15 is 0 Å². The number of aliphatic hydroxyl groups is 4. The van der Waals surface area contributed by atoms with Gasteiger partial charge in [0.05, 0.1) is 0 Å². The molecular weight excluding hydrogens is 608 g/mol. The molecule has 0 aliphatic carbocycles. The van der Waals surface area contributed by atoms with Crippen molar-refractivity contribution in [2.45, 2.75) is 237 Å². The van der Waals surface area contributed by atoms with E-state index in [1.165, 1.54) is 116 Å². The number of ether oxygens (including phenoxy) is 2. The summed E-state index contributed by atoms with van der Waals surface area (Å²) >= 11 is 0. The van der Waals surface area contributed by atoms with Crippen LogP contribution in [-0.4, -0.2) is 74.9 Å². The molecule has 8 heteroatoms. The lowest BCUT2D eigenvalue weighted by molar-refractivity contribution is -0.315. The van der Waals surface area contributed by atoms with Crippen molar-refractivity contribution in [1.29, 1.82) is 0 Å². The molecule has 0 aromatic heterocycles. The molecule has 0 aromatic rings. The quantitative estimate of drug-likeness (QED) is 0.0399. The van der Waals surface area contributed by atoms with Crippen LogP contribution < -0.4 is 0 Å². The number of hydrogen-bond donors (Lipinski definition) is 4. The van der Waals surface area contributed by atoms with E-state index in [0.29, 0.717) is 12.8 Å². The maximum atomic E-state index is 13.6. The number of rotatable bonds is 33. The van der Waals surface area contributed by atoms with Crippen LogP contribution in [0.25, 0.3) is 0 Å². The lowest BCUT2D eigenvalue weighted by atomic mass is 9.77. The Morgan fingerprint density at radius 1 is 0.500 bits per heavy atom. The highest BCUT2D eigenvalue weighted by Crippen LogP contribution is 2.33. The molecule has 1 rings (SSSR count). The predicted octanol–water partition coefficient (Wildman–Crippen LogP) is 8.66. The van der Waals surface area contributed by atoms with Crippen LogP contribution in [0.2, 0.25) is 0 Å². The fourth-order valence-corrected chi connectivity index (χ4v) is 6.96. The average Bonchev–Trinajstić information content (AvgIpc) is 3.08. The van der Waals surface area contributed by atoms with Gasteiger partial charge in [-0.25, -0.2) is 0 Å². The molecule has 1 heterocycles. The normalized spacial score (nSPS) is 21.5. The maximum Gasteiger partial charge on any atom is 0.210 e. The lowest BCUT2D eigenvalue weighted by Gasteiger charge is -2.45. The number of hydrogen-bond acceptors (Lipinski definition) is 8. The minimum Gasteiger partial charge on any atom is -0.387 e. The molecule has 48 heavy (non-hydrogen) atoms. The Bertz CT molecular complexity index is 747. The zero-order chi connectivity index (χ0) is 35.5. The van der Waals surface area contributed by atoms with Crippen LogP contribution in [0.4, 0.5) is 0 Å². The summed E-state index contributed by atoms with van der Waals surface area (Å²) in [4.78, 5) is 27.2. The second-order valence-electron chi connectivity index (χ2n) is 14.5. The van der Waals surface area contributed by atoms with Crippen LogP contribution in [0.5, 0.6) is 0 Å². The Morgan fingerprint density at radius 2 is 0.812 bits per heavy atom. The number of ketones is 2. The Hall–Kier alpha value is -0.900. The maximum absolute atomic E-state index is 13.6. The third-order valence-electron chi connectivity index (χ3n) is 10.2. The minimum atomic E-state index is -2.62. The molecule has 284 valence electrons. The molecular formula is C40H76O8. The molecule has 0 saturated carbocycles. The first-order valence-corrected chi connectivity index (χ1v) is 20.4. The van der Waals surface area contributed by atoms with Gasteiger partial charge >= 0.3 is 0 Å². The highest BCUT2D eigenvalue weighted by Gasteiger charge is 2.58. The van der Waals surface area contributed by atoms with Crippen molar-refractivity contribution < 1.29 is 39.5 Å². The van der Waals surface area contributed by atoms with Crippen LogP contribution in [0.1, 0.15) is 201 Å². The summed E-state index contributed by atoms with van der Waals surface area (Å²) in [5.41, 5.74) is -2.62. The minimum absolute atomic E-state index is 0.0247. The molecule has 1 fully saturated rings. The van der Waals surface area contributed by atoms with E-state index in [9.17, 15) is 30.0 Å². The van der Waals surface area contributed by atoms with Crippen molar-refractivity contribution in [2.24, 2.45) is 0 Å². The van der Waals surface area contributed by atoms with Crippen LogP contribution >= 0.6 is 0 Å². The summed E-state index contributed by atoms with van der Waals surface area (Å²) in [5, 5.41) is 43.5. The SMILES string of the molecule is CCCCCCCCCCCCCCCC(=O)C(O)(C(=O)CCCCCCCCCCCCCCC)[C@H]1OC(OCC)[C@H](O)[C@@H](O)[C@@H]1O. The van der Waals surface area contributed by atoms with Crippen LogP contribution in [0.15, 0.2) is 0 Å². The van der Waals surface area contributed by atoms with Crippen molar-refractivity contribution in [1.82, 2.24) is 0 Å². The predicted molar refractivity (Wildman–Crippen MR) is 194 cm³/mol. The third-order valence-corrected chi connectivity index (χ3v) is 10.2. The van der Waals surface area contributed by atoms with Gasteiger partial charge in [0.15, 0.2) is 17.9 Å². The highest BCUT2D eigenvalue weighted by atomic mass is 16.7. The molecule has 0 spiro atoms. The summed E-state index contributed by atoms with van der Waals surface area (Å²) < 4.78 is 11.1. The van der Waals surface area contributed by atoms with E-state index < -0.39 is 47.9 Å². The van der Waals surface area contributed by atoms with Gasteiger partial charge in [-0.15, -0.1) is 0 Å². The van der Waals surface area contributed by atoms with E-state index in [-0.39, 0.29) is 19.4 Å². The highest BCUT2D eigenvalue weighted by molar-refractivity contribution is 6.11. The molecule has 0 amide bonds. The first-order chi connectivity index (χ1) is 23.2. The van der Waals surface area contributed by atoms with E-state index in [0.717, 1.165) is 38.5 Å². The number of carbonyl (C=O) groups excluding carboxylic acids is 2. The van der Waals surface area contributed by atoms with Crippen LogP contribution in [0, 0.1) is 0 Å². The molecule has 0 radical (unpaired) electrons. The number of unbranched alkanes of at least 4 members (excludes halogenated alkanes) is 24. The third kappa shape index (κ3) is 17.8. The first-order valence-electron chi connectivity index (χ1n) is 20.4. The number of carbonyl (C=O) groups is 2. The number of aliphatic hydroxyl groups excluding tert-OH is 3. The van der Waals surface area contributed by atoms with E-state index in [4.69, 9.17) is 9.47 Å². The molecule has 1 unspecified atom stereocenters. The molecule has 0 bridgehead atoms. The van der Waals surface area contributed by atoms with Gasteiger partial charge < -0.3 is 29.9 Å². The van der Waals surface area contributed by atoms with E-state index in [1.54, 1.807) is 6.92 Å². The van der Waals surface area contributed by atoms with Crippen LogP contribution in [-0.2, 0) is 19.1 Å².